The number of thiol groups is 1. The van der Waals surface area contributed by atoms with E-state index in [1.165, 1.54) is 0 Å². The van der Waals surface area contributed by atoms with E-state index in [-0.39, 0.29) is 0 Å². The lowest BCUT2D eigenvalue weighted by atomic mass is 10.5. The molecule has 0 atom stereocenters. The van der Waals surface area contributed by atoms with E-state index in [4.69, 9.17) is 15.4 Å². The van der Waals surface area contributed by atoms with Crippen LogP contribution in [0.2, 0.25) is 0 Å². The van der Waals surface area contributed by atoms with Crippen molar-refractivity contribution in [2.45, 2.75) is 0 Å². The topological polar surface area (TPSA) is 29.5 Å². The van der Waals surface area contributed by atoms with Crippen molar-refractivity contribution in [2.75, 3.05) is 32.6 Å². The maximum absolute atomic E-state index is 11.2. The first-order valence-corrected chi connectivity index (χ1v) is 6.22. The molecule has 1 aliphatic rings. The zero-order valence-corrected chi connectivity index (χ0v) is 7.57. The Morgan fingerprint density at radius 2 is 2.00 bits per heavy atom. The molecule has 0 saturated carbocycles. The third kappa shape index (κ3) is 2.20. The fourth-order valence-corrected chi connectivity index (χ4v) is 2.24. The summed E-state index contributed by atoms with van der Waals surface area (Å²) in [5, 5.41) is 0. The third-order valence-electron chi connectivity index (χ3n) is 1.49. The number of rotatable bonds is 1. The molecule has 1 fully saturated rings. The fraction of sp³-hybridized carbons (Fsp3) is 1.00. The molecule has 0 unspecified atom stereocenters. The molecule has 0 aromatic rings. The minimum atomic E-state index is -2.52. The van der Waals surface area contributed by atoms with Crippen LogP contribution in [0.15, 0.2) is 0 Å². The molecule has 0 amide bonds. The molecule has 0 radical (unpaired) electrons. The van der Waals surface area contributed by atoms with Crippen molar-refractivity contribution in [3.8, 4) is 0 Å². The molecule has 0 aromatic heterocycles. The highest BCUT2D eigenvalue weighted by molar-refractivity contribution is 8.21. The quantitative estimate of drug-likeness (QED) is 0.462. The zero-order valence-electron chi connectivity index (χ0n) is 5.92. The highest BCUT2D eigenvalue weighted by Crippen LogP contribution is 2.14. The summed E-state index contributed by atoms with van der Waals surface area (Å²) in [7, 11) is 3.12. The molecule has 10 heavy (non-hydrogen) atoms. The fourth-order valence-electron chi connectivity index (χ4n) is 0.911. The number of hydrogen-bond donors (Lipinski definition) is 1. The van der Waals surface area contributed by atoms with Gasteiger partial charge in [0.05, 0.1) is 13.2 Å². The van der Waals surface area contributed by atoms with Gasteiger partial charge in [-0.25, -0.2) is 4.31 Å². The van der Waals surface area contributed by atoms with Gasteiger partial charge in [0.1, 0.15) is 0 Å². The molecule has 0 spiro atoms. The van der Waals surface area contributed by atoms with Gasteiger partial charge < -0.3 is 4.74 Å². The molecule has 1 aliphatic heterocycles. The van der Waals surface area contributed by atoms with Gasteiger partial charge in [-0.2, -0.15) is 0 Å². The van der Waals surface area contributed by atoms with Crippen LogP contribution in [0.3, 0.4) is 0 Å². The van der Waals surface area contributed by atoms with Crippen LogP contribution in [-0.4, -0.2) is 41.1 Å². The van der Waals surface area contributed by atoms with Crippen molar-refractivity contribution in [2.24, 2.45) is 0 Å². The van der Waals surface area contributed by atoms with E-state index < -0.39 is 9.33 Å². The molecule has 62 valence electrons. The standard InChI is InChI=1S/C5H12ClNO2S/c1-10(6,8)7-2-4-9-5-3-7/h10H,2-5H2,1H3. The highest BCUT2D eigenvalue weighted by Gasteiger charge is 2.18. The molecule has 0 bridgehead atoms. The molecule has 0 aromatic carbocycles. The monoisotopic (exact) mass is 185 g/mol. The molecule has 3 nitrogen and oxygen atoms in total. The van der Waals surface area contributed by atoms with E-state index in [2.05, 4.69) is 0 Å². The van der Waals surface area contributed by atoms with E-state index in [0.717, 1.165) is 0 Å². The van der Waals surface area contributed by atoms with Crippen molar-refractivity contribution < 1.29 is 8.95 Å². The second kappa shape index (κ2) is 3.17. The Morgan fingerprint density at radius 3 is 2.30 bits per heavy atom. The van der Waals surface area contributed by atoms with Crippen LogP contribution in [0.1, 0.15) is 0 Å². The summed E-state index contributed by atoms with van der Waals surface area (Å²) >= 11 is 0. The predicted molar refractivity (Wildman–Crippen MR) is 43.7 cm³/mol. The third-order valence-corrected chi connectivity index (χ3v) is 3.54. The highest BCUT2D eigenvalue weighted by atomic mass is 35.7. The predicted octanol–water partition coefficient (Wildman–Crippen LogP) is 0.0339. The first-order valence-electron chi connectivity index (χ1n) is 3.21. The summed E-state index contributed by atoms with van der Waals surface area (Å²) in [6, 6.07) is 0. The molecular formula is C5H12ClNO2S. The first-order chi connectivity index (χ1) is 4.61. The van der Waals surface area contributed by atoms with E-state index in [1.807, 2.05) is 0 Å². The van der Waals surface area contributed by atoms with Gasteiger partial charge in [-0.05, 0) is 10.7 Å². The SMILES string of the molecule is C[SH](=O)(Cl)N1CCOCC1. The summed E-state index contributed by atoms with van der Waals surface area (Å²) in [5.41, 5.74) is 0. The van der Waals surface area contributed by atoms with Crippen LogP contribution >= 0.6 is 10.7 Å². The summed E-state index contributed by atoms with van der Waals surface area (Å²) < 4.78 is 18.1. The Balaban J connectivity index is 2.47. The van der Waals surface area contributed by atoms with E-state index in [0.29, 0.717) is 26.3 Å². The van der Waals surface area contributed by atoms with Crippen molar-refractivity contribution in [1.29, 1.82) is 0 Å². The van der Waals surface area contributed by atoms with Crippen LogP contribution in [0.25, 0.3) is 0 Å². The van der Waals surface area contributed by atoms with Crippen LogP contribution < -0.4 is 0 Å². The maximum atomic E-state index is 11.2. The van der Waals surface area contributed by atoms with Gasteiger partial charge in [-0.15, -0.1) is 0 Å². The normalized spacial score (nSPS) is 24.6. The van der Waals surface area contributed by atoms with Gasteiger partial charge in [0.2, 0.25) is 0 Å². The summed E-state index contributed by atoms with van der Waals surface area (Å²) in [6.07, 6.45) is 1.57. The summed E-state index contributed by atoms with van der Waals surface area (Å²) in [4.78, 5) is 0. The Bertz CT molecular complexity index is 152. The van der Waals surface area contributed by atoms with Crippen LogP contribution in [0.4, 0.5) is 0 Å². The lowest BCUT2D eigenvalue weighted by Gasteiger charge is -2.31. The number of nitrogens with zero attached hydrogens (tertiary/aromatic N) is 1. The van der Waals surface area contributed by atoms with Crippen molar-refractivity contribution >= 4 is 20.0 Å². The molecule has 5 heteroatoms. The van der Waals surface area contributed by atoms with E-state index >= 15 is 0 Å². The number of ether oxygens (including phenoxy) is 1. The number of hydrogen-bond acceptors (Lipinski definition) is 2. The molecule has 0 N–H and O–H groups in total. The Labute approximate surface area is 66.4 Å². The van der Waals surface area contributed by atoms with Crippen LogP contribution in [-0.2, 0) is 14.1 Å². The minimum Gasteiger partial charge on any atom is -0.379 e. The summed E-state index contributed by atoms with van der Waals surface area (Å²) in [5.74, 6) is 0. The van der Waals surface area contributed by atoms with Gasteiger partial charge in [0.25, 0.3) is 0 Å². The minimum absolute atomic E-state index is 0.643. The molecule has 1 heterocycles. The smallest absolute Gasteiger partial charge is 0.0604 e. The molecule has 0 aliphatic carbocycles. The number of morpholine rings is 1. The van der Waals surface area contributed by atoms with Gasteiger partial charge in [-0.3, -0.25) is 4.21 Å². The van der Waals surface area contributed by atoms with E-state index in [1.54, 1.807) is 10.6 Å². The van der Waals surface area contributed by atoms with Crippen molar-refractivity contribution in [3.63, 3.8) is 0 Å². The van der Waals surface area contributed by atoms with Crippen molar-refractivity contribution in [3.05, 3.63) is 0 Å². The Morgan fingerprint density at radius 1 is 1.50 bits per heavy atom. The molecular weight excluding hydrogens is 174 g/mol. The lowest BCUT2D eigenvalue weighted by Crippen LogP contribution is -2.41. The van der Waals surface area contributed by atoms with Gasteiger partial charge >= 0.3 is 0 Å². The van der Waals surface area contributed by atoms with Crippen LogP contribution in [0, 0.1) is 0 Å². The zero-order chi connectivity index (χ0) is 7.61. The Hall–Kier alpha value is 0.360. The van der Waals surface area contributed by atoms with Crippen molar-refractivity contribution in [1.82, 2.24) is 4.31 Å². The maximum Gasteiger partial charge on any atom is 0.0604 e. The number of halogens is 1. The lowest BCUT2D eigenvalue weighted by molar-refractivity contribution is 0.0750. The first kappa shape index (κ1) is 8.46. The largest absolute Gasteiger partial charge is 0.379 e. The van der Waals surface area contributed by atoms with Crippen LogP contribution in [0.5, 0.6) is 0 Å². The summed E-state index contributed by atoms with van der Waals surface area (Å²) in [6.45, 7) is 2.67. The van der Waals surface area contributed by atoms with E-state index in [9.17, 15) is 4.21 Å². The Kier molecular flexibility index (Phi) is 2.68. The van der Waals surface area contributed by atoms with Gasteiger partial charge in [-0.1, -0.05) is 0 Å². The van der Waals surface area contributed by atoms with Gasteiger partial charge in [0.15, 0.2) is 0 Å². The molecule has 1 saturated heterocycles. The second-order valence-electron chi connectivity index (χ2n) is 2.34. The average Bonchev–Trinajstić information content (AvgIpc) is 1.88. The molecule has 1 rings (SSSR count). The second-order valence-corrected chi connectivity index (χ2v) is 6.35. The van der Waals surface area contributed by atoms with Gasteiger partial charge in [0, 0.05) is 28.7 Å². The average molecular weight is 186 g/mol.